The molecule has 0 unspecified atom stereocenters. The van der Waals surface area contributed by atoms with Gasteiger partial charge in [-0.25, -0.2) is 0 Å². The van der Waals surface area contributed by atoms with Crippen LogP contribution in [0.4, 0.5) is 17.1 Å². The molecule has 41 heavy (non-hydrogen) atoms. The van der Waals surface area contributed by atoms with E-state index in [1.165, 1.54) is 60.2 Å². The van der Waals surface area contributed by atoms with Crippen molar-refractivity contribution in [2.24, 2.45) is 7.05 Å². The summed E-state index contributed by atoms with van der Waals surface area (Å²) in [4.78, 5) is 2.41. The minimum atomic E-state index is 1.13. The monoisotopic (exact) mass is 524 g/mol. The average Bonchev–Trinajstić information content (AvgIpc) is 3.36. The van der Waals surface area contributed by atoms with E-state index >= 15 is 0 Å². The minimum absolute atomic E-state index is 1.13. The number of anilines is 3. The van der Waals surface area contributed by atoms with Crippen molar-refractivity contribution in [3.05, 3.63) is 152 Å². The molecular weight excluding hydrogens is 496 g/mol. The predicted molar refractivity (Wildman–Crippen MR) is 176 cm³/mol. The molecule has 2 nitrogen and oxygen atoms in total. The molecule has 0 atom stereocenters. The number of hydrogen-bond acceptors (Lipinski definition) is 1. The highest BCUT2D eigenvalue weighted by Crippen LogP contribution is 2.47. The summed E-state index contributed by atoms with van der Waals surface area (Å²) in [5, 5.41) is 7.70. The third-order valence-electron chi connectivity index (χ3n) is 8.34. The Hall–Kier alpha value is -5.34. The molecule has 1 aromatic heterocycles. The number of hydrogen-bond donors (Lipinski definition) is 0. The number of fused-ring (bicyclic) bond motifs is 8. The standard InChI is InChI=1S/C39H28N2/c1-40-35-24-13-25-36(38(35)37-33-22-10-8-20-31(33)32-21-9-11-23-34(32)39(37)40)41(29-17-6-3-7-18-29)30-19-12-16-28(26-30)27-14-4-2-5-15-27/h2-26H,1H3. The number of nitrogens with zero attached hydrogens (tertiary/aromatic N) is 2. The highest BCUT2D eigenvalue weighted by Gasteiger charge is 2.22. The van der Waals surface area contributed by atoms with Crippen molar-refractivity contribution < 1.29 is 0 Å². The van der Waals surface area contributed by atoms with Gasteiger partial charge in [-0.15, -0.1) is 0 Å². The molecule has 8 aromatic rings. The van der Waals surface area contributed by atoms with Gasteiger partial charge in [0, 0.05) is 34.6 Å². The van der Waals surface area contributed by atoms with Crippen molar-refractivity contribution in [1.82, 2.24) is 4.57 Å². The molecule has 1 heterocycles. The second-order valence-corrected chi connectivity index (χ2v) is 10.6. The molecule has 0 bridgehead atoms. The first kappa shape index (κ1) is 23.5. The van der Waals surface area contributed by atoms with Crippen molar-refractivity contribution in [3.63, 3.8) is 0 Å². The zero-order valence-electron chi connectivity index (χ0n) is 22.8. The third-order valence-corrected chi connectivity index (χ3v) is 8.34. The molecule has 7 aromatic carbocycles. The summed E-state index contributed by atoms with van der Waals surface area (Å²) in [6.07, 6.45) is 0. The summed E-state index contributed by atoms with van der Waals surface area (Å²) in [6, 6.07) is 54.6. The van der Waals surface area contributed by atoms with E-state index in [1.54, 1.807) is 0 Å². The fourth-order valence-electron chi connectivity index (χ4n) is 6.55. The average molecular weight is 525 g/mol. The van der Waals surface area contributed by atoms with Crippen LogP contribution in [0.5, 0.6) is 0 Å². The van der Waals surface area contributed by atoms with Gasteiger partial charge in [-0.2, -0.15) is 0 Å². The van der Waals surface area contributed by atoms with Gasteiger partial charge in [0.1, 0.15) is 0 Å². The van der Waals surface area contributed by atoms with Gasteiger partial charge in [-0.1, -0.05) is 115 Å². The molecule has 0 radical (unpaired) electrons. The molecule has 2 heteroatoms. The molecule has 0 aliphatic rings. The Bertz CT molecular complexity index is 2210. The molecule has 0 spiro atoms. The summed E-state index contributed by atoms with van der Waals surface area (Å²) in [6.45, 7) is 0. The smallest absolute Gasteiger partial charge is 0.0575 e. The molecule has 0 saturated carbocycles. The van der Waals surface area contributed by atoms with Crippen LogP contribution in [-0.2, 0) is 7.05 Å². The highest BCUT2D eigenvalue weighted by molar-refractivity contribution is 6.33. The second kappa shape index (κ2) is 9.39. The topological polar surface area (TPSA) is 8.17 Å². The molecule has 0 aliphatic heterocycles. The maximum absolute atomic E-state index is 2.41. The lowest BCUT2D eigenvalue weighted by Gasteiger charge is -2.27. The van der Waals surface area contributed by atoms with Gasteiger partial charge in [0.15, 0.2) is 0 Å². The van der Waals surface area contributed by atoms with Crippen LogP contribution in [-0.4, -0.2) is 4.57 Å². The van der Waals surface area contributed by atoms with E-state index in [-0.39, 0.29) is 0 Å². The Labute approximate surface area is 239 Å². The van der Waals surface area contributed by atoms with Gasteiger partial charge < -0.3 is 9.47 Å². The van der Waals surface area contributed by atoms with Crippen LogP contribution in [0.1, 0.15) is 0 Å². The van der Waals surface area contributed by atoms with Gasteiger partial charge in [0.2, 0.25) is 0 Å². The SMILES string of the molecule is Cn1c2cccc(N(c3ccccc3)c3cccc(-c4ccccc4)c3)c2c2c3ccccc3c3ccccc3c21. The third kappa shape index (κ3) is 3.65. The van der Waals surface area contributed by atoms with Crippen LogP contribution in [0.25, 0.3) is 54.5 Å². The fraction of sp³-hybridized carbons (Fsp3) is 0.0256. The molecule has 0 fully saturated rings. The van der Waals surface area contributed by atoms with E-state index in [4.69, 9.17) is 0 Å². The van der Waals surface area contributed by atoms with Gasteiger partial charge in [-0.3, -0.25) is 0 Å². The van der Waals surface area contributed by atoms with Crippen molar-refractivity contribution in [2.75, 3.05) is 4.90 Å². The first-order valence-corrected chi connectivity index (χ1v) is 14.1. The molecular formula is C39H28N2. The summed E-state index contributed by atoms with van der Waals surface area (Å²) >= 11 is 0. The Morgan fingerprint density at radius 3 is 1.76 bits per heavy atom. The molecule has 8 rings (SSSR count). The summed E-state index contributed by atoms with van der Waals surface area (Å²) in [7, 11) is 2.21. The molecule has 0 aliphatic carbocycles. The van der Waals surface area contributed by atoms with Gasteiger partial charge in [0.05, 0.1) is 16.7 Å². The lowest BCUT2D eigenvalue weighted by atomic mass is 9.96. The molecule has 194 valence electrons. The van der Waals surface area contributed by atoms with Gasteiger partial charge in [0.25, 0.3) is 0 Å². The summed E-state index contributed by atoms with van der Waals surface area (Å²) < 4.78 is 2.38. The van der Waals surface area contributed by atoms with E-state index in [2.05, 4.69) is 168 Å². The van der Waals surface area contributed by atoms with Crippen molar-refractivity contribution in [2.45, 2.75) is 0 Å². The second-order valence-electron chi connectivity index (χ2n) is 10.6. The number of rotatable bonds is 4. The minimum Gasteiger partial charge on any atom is -0.343 e. The van der Waals surface area contributed by atoms with Crippen LogP contribution >= 0.6 is 0 Å². The van der Waals surface area contributed by atoms with E-state index in [0.717, 1.165) is 11.4 Å². The Balaban J connectivity index is 1.50. The molecule has 0 amide bonds. The van der Waals surface area contributed by atoms with E-state index in [9.17, 15) is 0 Å². The van der Waals surface area contributed by atoms with Crippen LogP contribution < -0.4 is 4.90 Å². The molecule has 0 saturated heterocycles. The predicted octanol–water partition coefficient (Wildman–Crippen LogP) is 10.8. The molecule has 0 N–H and O–H groups in total. The van der Waals surface area contributed by atoms with Crippen molar-refractivity contribution in [3.8, 4) is 11.1 Å². The van der Waals surface area contributed by atoms with Crippen LogP contribution in [0.15, 0.2) is 152 Å². The van der Waals surface area contributed by atoms with Crippen LogP contribution in [0.2, 0.25) is 0 Å². The first-order valence-electron chi connectivity index (χ1n) is 14.1. The normalized spacial score (nSPS) is 11.5. The Morgan fingerprint density at radius 1 is 0.439 bits per heavy atom. The fourth-order valence-corrected chi connectivity index (χ4v) is 6.55. The largest absolute Gasteiger partial charge is 0.343 e. The van der Waals surface area contributed by atoms with Gasteiger partial charge >= 0.3 is 0 Å². The van der Waals surface area contributed by atoms with E-state index in [1.807, 2.05) is 0 Å². The van der Waals surface area contributed by atoms with Crippen LogP contribution in [0, 0.1) is 0 Å². The Kier molecular flexibility index (Phi) is 5.39. The summed E-state index contributed by atoms with van der Waals surface area (Å²) in [5.74, 6) is 0. The zero-order valence-corrected chi connectivity index (χ0v) is 22.8. The van der Waals surface area contributed by atoms with Crippen molar-refractivity contribution >= 4 is 60.4 Å². The Morgan fingerprint density at radius 2 is 1.00 bits per heavy atom. The van der Waals surface area contributed by atoms with E-state index < -0.39 is 0 Å². The number of para-hydroxylation sites is 1. The number of aryl methyl sites for hydroxylation is 1. The first-order chi connectivity index (χ1) is 20.3. The zero-order chi connectivity index (χ0) is 27.3. The lowest BCUT2D eigenvalue weighted by molar-refractivity contribution is 1.02. The number of benzene rings is 7. The van der Waals surface area contributed by atoms with Crippen LogP contribution in [0.3, 0.4) is 0 Å². The highest BCUT2D eigenvalue weighted by atomic mass is 15.1. The maximum Gasteiger partial charge on any atom is 0.0575 e. The van der Waals surface area contributed by atoms with Crippen molar-refractivity contribution in [1.29, 1.82) is 0 Å². The quantitative estimate of drug-likeness (QED) is 0.208. The lowest BCUT2D eigenvalue weighted by Crippen LogP contribution is -2.10. The number of aromatic nitrogens is 1. The van der Waals surface area contributed by atoms with Gasteiger partial charge in [-0.05, 0) is 63.7 Å². The maximum atomic E-state index is 2.41. The van der Waals surface area contributed by atoms with E-state index in [0.29, 0.717) is 0 Å². The summed E-state index contributed by atoms with van der Waals surface area (Å²) in [5.41, 5.74) is 8.34.